The highest BCUT2D eigenvalue weighted by Crippen LogP contribution is 2.33. The summed E-state index contributed by atoms with van der Waals surface area (Å²) in [6.45, 7) is 6.63. The van der Waals surface area contributed by atoms with Crippen molar-refractivity contribution in [2.45, 2.75) is 25.7 Å². The summed E-state index contributed by atoms with van der Waals surface area (Å²) < 4.78 is 43.5. The van der Waals surface area contributed by atoms with Crippen LogP contribution < -0.4 is 10.1 Å². The highest BCUT2D eigenvalue weighted by Gasteiger charge is 2.22. The van der Waals surface area contributed by atoms with E-state index >= 15 is 0 Å². The van der Waals surface area contributed by atoms with Gasteiger partial charge in [0.1, 0.15) is 0 Å². The van der Waals surface area contributed by atoms with E-state index in [-0.39, 0.29) is 22.4 Å². The van der Waals surface area contributed by atoms with Gasteiger partial charge in [-0.1, -0.05) is 31.1 Å². The van der Waals surface area contributed by atoms with Crippen molar-refractivity contribution < 1.29 is 26.8 Å². The van der Waals surface area contributed by atoms with Crippen LogP contribution in [-0.2, 0) is 10.0 Å². The molecule has 1 amide bonds. The van der Waals surface area contributed by atoms with E-state index in [4.69, 9.17) is 13.6 Å². The third-order valence-corrected chi connectivity index (χ3v) is 7.19. The van der Waals surface area contributed by atoms with Crippen LogP contribution in [0.5, 0.6) is 5.75 Å². The molecular formula is C23H24N4O6S. The first kappa shape index (κ1) is 23.5. The van der Waals surface area contributed by atoms with Gasteiger partial charge in [0.05, 0.1) is 11.5 Å². The minimum Gasteiger partial charge on any atom is -0.490 e. The van der Waals surface area contributed by atoms with Gasteiger partial charge in [0.15, 0.2) is 17.1 Å². The molecule has 0 fully saturated rings. The summed E-state index contributed by atoms with van der Waals surface area (Å²) in [5.41, 5.74) is 0.797. The van der Waals surface area contributed by atoms with Gasteiger partial charge in [-0.05, 0) is 43.3 Å². The zero-order valence-corrected chi connectivity index (χ0v) is 19.8. The Morgan fingerprint density at radius 1 is 1.03 bits per heavy atom. The van der Waals surface area contributed by atoms with Crippen LogP contribution in [0.4, 0.5) is 6.01 Å². The molecule has 178 valence electrons. The van der Waals surface area contributed by atoms with Crippen molar-refractivity contribution in [1.29, 1.82) is 0 Å². The number of para-hydroxylation sites is 1. The lowest BCUT2D eigenvalue weighted by Gasteiger charge is -2.18. The van der Waals surface area contributed by atoms with Crippen molar-refractivity contribution in [2.75, 3.05) is 25.0 Å². The number of sulfonamides is 1. The SMILES string of the molecule is CCOc1cccc2cc(-c3nnc(NC(=O)c4ccc(S(=O)(=O)N(CC)CC)cc4)o3)oc12. The number of ether oxygens (including phenoxy) is 1. The second-order valence-electron chi connectivity index (χ2n) is 7.20. The fourth-order valence-corrected chi connectivity index (χ4v) is 4.90. The van der Waals surface area contributed by atoms with Crippen molar-refractivity contribution in [3.63, 3.8) is 0 Å². The van der Waals surface area contributed by atoms with Crippen LogP contribution in [-0.4, -0.2) is 48.5 Å². The number of nitrogens with one attached hydrogen (secondary N) is 1. The van der Waals surface area contributed by atoms with Gasteiger partial charge in [-0.3, -0.25) is 10.1 Å². The molecule has 34 heavy (non-hydrogen) atoms. The molecule has 0 radical (unpaired) electrons. The third kappa shape index (κ3) is 4.52. The first-order chi connectivity index (χ1) is 16.4. The molecule has 0 bridgehead atoms. The Kier molecular flexibility index (Phi) is 6.66. The standard InChI is InChI=1S/C23H24N4O6S/c1-4-27(5-2)34(29,30)17-12-10-15(11-13-17)21(28)24-23-26-25-22(33-23)19-14-16-8-7-9-18(31-6-3)20(16)32-19/h7-14H,4-6H2,1-3H3,(H,24,26,28). The molecule has 2 aromatic carbocycles. The zero-order chi connectivity index (χ0) is 24.3. The Bertz CT molecular complexity index is 1410. The number of amides is 1. The fraction of sp³-hybridized carbons (Fsp3) is 0.261. The quantitative estimate of drug-likeness (QED) is 0.375. The average Bonchev–Trinajstić information content (AvgIpc) is 3.47. The van der Waals surface area contributed by atoms with Gasteiger partial charge < -0.3 is 13.6 Å². The van der Waals surface area contributed by atoms with E-state index in [0.717, 1.165) is 5.39 Å². The summed E-state index contributed by atoms with van der Waals surface area (Å²) in [7, 11) is -3.61. The summed E-state index contributed by atoms with van der Waals surface area (Å²) >= 11 is 0. The Balaban J connectivity index is 1.50. The molecule has 2 aromatic heterocycles. The molecule has 0 aliphatic heterocycles. The summed E-state index contributed by atoms with van der Waals surface area (Å²) in [4.78, 5) is 12.7. The molecule has 1 N–H and O–H groups in total. The molecule has 0 atom stereocenters. The number of furan rings is 1. The molecule has 0 aliphatic rings. The predicted octanol–water partition coefficient (Wildman–Crippen LogP) is 4.16. The van der Waals surface area contributed by atoms with Gasteiger partial charge >= 0.3 is 6.01 Å². The van der Waals surface area contributed by atoms with Gasteiger partial charge in [0.25, 0.3) is 11.8 Å². The fourth-order valence-electron chi connectivity index (χ4n) is 3.44. The van der Waals surface area contributed by atoms with Crippen LogP contribution in [0.1, 0.15) is 31.1 Å². The number of carbonyl (C=O) groups is 1. The van der Waals surface area contributed by atoms with Crippen LogP contribution in [0, 0.1) is 0 Å². The Labute approximate surface area is 196 Å². The number of benzene rings is 2. The van der Waals surface area contributed by atoms with E-state index in [1.54, 1.807) is 26.0 Å². The maximum Gasteiger partial charge on any atom is 0.322 e. The minimum atomic E-state index is -3.61. The second-order valence-corrected chi connectivity index (χ2v) is 9.14. The van der Waals surface area contributed by atoms with Crippen molar-refractivity contribution in [3.05, 3.63) is 54.1 Å². The van der Waals surface area contributed by atoms with Gasteiger partial charge in [-0.15, -0.1) is 5.10 Å². The lowest BCUT2D eigenvalue weighted by atomic mass is 10.2. The molecule has 4 rings (SSSR count). The molecule has 2 heterocycles. The molecule has 0 spiro atoms. The summed E-state index contributed by atoms with van der Waals surface area (Å²) in [6.07, 6.45) is 0. The molecule has 4 aromatic rings. The number of carbonyl (C=O) groups excluding carboxylic acids is 1. The lowest BCUT2D eigenvalue weighted by molar-refractivity contribution is 0.102. The highest BCUT2D eigenvalue weighted by molar-refractivity contribution is 7.89. The van der Waals surface area contributed by atoms with Gasteiger partial charge in [-0.25, -0.2) is 8.42 Å². The predicted molar refractivity (Wildman–Crippen MR) is 125 cm³/mol. The van der Waals surface area contributed by atoms with Crippen LogP contribution in [0.25, 0.3) is 22.6 Å². The van der Waals surface area contributed by atoms with E-state index < -0.39 is 15.9 Å². The Morgan fingerprint density at radius 2 is 1.76 bits per heavy atom. The monoisotopic (exact) mass is 484 g/mol. The van der Waals surface area contributed by atoms with E-state index in [9.17, 15) is 13.2 Å². The van der Waals surface area contributed by atoms with Gasteiger partial charge in [0, 0.05) is 24.0 Å². The topological polar surface area (TPSA) is 128 Å². The lowest BCUT2D eigenvalue weighted by Crippen LogP contribution is -2.30. The number of rotatable bonds is 9. The smallest absolute Gasteiger partial charge is 0.322 e. The number of fused-ring (bicyclic) bond motifs is 1. The Hall–Kier alpha value is -3.70. The molecule has 10 nitrogen and oxygen atoms in total. The normalized spacial score (nSPS) is 11.8. The number of anilines is 1. The molecular weight excluding hydrogens is 460 g/mol. The van der Waals surface area contributed by atoms with Crippen LogP contribution in [0.2, 0.25) is 0 Å². The highest BCUT2D eigenvalue weighted by atomic mass is 32.2. The van der Waals surface area contributed by atoms with Gasteiger partial charge in [-0.2, -0.15) is 4.31 Å². The summed E-state index contributed by atoms with van der Waals surface area (Å²) in [6, 6.07) is 12.8. The van der Waals surface area contributed by atoms with E-state index in [2.05, 4.69) is 15.5 Å². The van der Waals surface area contributed by atoms with Crippen LogP contribution >= 0.6 is 0 Å². The molecule has 0 aliphatic carbocycles. The van der Waals surface area contributed by atoms with E-state index in [1.807, 2.05) is 19.1 Å². The van der Waals surface area contributed by atoms with Crippen molar-refractivity contribution in [2.24, 2.45) is 0 Å². The number of hydrogen-bond acceptors (Lipinski definition) is 8. The van der Waals surface area contributed by atoms with Crippen molar-refractivity contribution >= 4 is 32.9 Å². The van der Waals surface area contributed by atoms with Crippen molar-refractivity contribution in [3.8, 4) is 17.4 Å². The maximum absolute atomic E-state index is 12.6. The Morgan fingerprint density at radius 3 is 2.44 bits per heavy atom. The van der Waals surface area contributed by atoms with Gasteiger partial charge in [0.2, 0.25) is 10.0 Å². The number of aromatic nitrogens is 2. The molecule has 0 saturated heterocycles. The molecule has 0 unspecified atom stereocenters. The maximum atomic E-state index is 12.6. The van der Waals surface area contributed by atoms with E-state index in [0.29, 0.717) is 36.8 Å². The van der Waals surface area contributed by atoms with Crippen molar-refractivity contribution in [1.82, 2.24) is 14.5 Å². The van der Waals surface area contributed by atoms with Crippen LogP contribution in [0.15, 0.2) is 62.3 Å². The third-order valence-electron chi connectivity index (χ3n) is 5.12. The summed E-state index contributed by atoms with van der Waals surface area (Å²) in [5.74, 6) is 0.506. The number of nitrogens with zero attached hydrogens (tertiary/aromatic N) is 3. The second kappa shape index (κ2) is 9.65. The molecule has 11 heteroatoms. The summed E-state index contributed by atoms with van der Waals surface area (Å²) in [5, 5.41) is 11.1. The number of hydrogen-bond donors (Lipinski definition) is 1. The zero-order valence-electron chi connectivity index (χ0n) is 18.9. The first-order valence-electron chi connectivity index (χ1n) is 10.8. The van der Waals surface area contributed by atoms with Crippen LogP contribution in [0.3, 0.4) is 0 Å². The largest absolute Gasteiger partial charge is 0.490 e. The first-order valence-corrected chi connectivity index (χ1v) is 12.2. The average molecular weight is 485 g/mol. The minimum absolute atomic E-state index is 0.0922. The van der Waals surface area contributed by atoms with E-state index in [1.165, 1.54) is 28.6 Å². The molecule has 0 saturated carbocycles.